The number of nitro benzene ring substituents is 1. The highest BCUT2D eigenvalue weighted by Gasteiger charge is 2.07. The molecule has 0 radical (unpaired) electrons. The van der Waals surface area contributed by atoms with Crippen molar-refractivity contribution >= 4 is 39.2 Å². The Morgan fingerprint density at radius 3 is 2.71 bits per heavy atom. The van der Waals surface area contributed by atoms with Crippen LogP contribution in [0.3, 0.4) is 0 Å². The van der Waals surface area contributed by atoms with Crippen molar-refractivity contribution in [2.75, 3.05) is 13.7 Å². The van der Waals surface area contributed by atoms with E-state index in [-0.39, 0.29) is 5.69 Å². The van der Waals surface area contributed by atoms with Gasteiger partial charge in [-0.05, 0) is 48.4 Å². The van der Waals surface area contributed by atoms with Crippen molar-refractivity contribution in [2.24, 2.45) is 4.99 Å². The SMILES string of the molecule is COCCn1c(=NC(=O)C=Cc2ccc([N+](=O)[O-])cc2)sc2cc(C)ccc21. The summed E-state index contributed by atoms with van der Waals surface area (Å²) in [5.74, 6) is -0.396. The van der Waals surface area contributed by atoms with Gasteiger partial charge in [0.2, 0.25) is 0 Å². The molecule has 1 amide bonds. The number of benzene rings is 2. The fraction of sp³-hybridized carbons (Fsp3) is 0.200. The van der Waals surface area contributed by atoms with Crippen molar-refractivity contribution in [1.29, 1.82) is 0 Å². The van der Waals surface area contributed by atoms with E-state index >= 15 is 0 Å². The van der Waals surface area contributed by atoms with Crippen LogP contribution in [-0.2, 0) is 16.1 Å². The number of carbonyl (C=O) groups is 1. The van der Waals surface area contributed by atoms with Crippen LogP contribution in [0, 0.1) is 17.0 Å². The van der Waals surface area contributed by atoms with Crippen LogP contribution in [0.15, 0.2) is 53.5 Å². The number of non-ortho nitro benzene ring substituents is 1. The van der Waals surface area contributed by atoms with Gasteiger partial charge in [0, 0.05) is 31.9 Å². The number of aryl methyl sites for hydroxylation is 1. The molecule has 0 atom stereocenters. The van der Waals surface area contributed by atoms with E-state index in [1.54, 1.807) is 25.3 Å². The maximum atomic E-state index is 12.3. The third-order valence-corrected chi connectivity index (χ3v) is 5.13. The third kappa shape index (κ3) is 4.59. The zero-order valence-electron chi connectivity index (χ0n) is 15.5. The summed E-state index contributed by atoms with van der Waals surface area (Å²) in [6.07, 6.45) is 2.95. The topological polar surface area (TPSA) is 86.7 Å². The van der Waals surface area contributed by atoms with Crippen LogP contribution in [0.25, 0.3) is 16.3 Å². The highest BCUT2D eigenvalue weighted by atomic mass is 32.1. The molecule has 1 aromatic heterocycles. The third-order valence-electron chi connectivity index (χ3n) is 4.09. The average molecular weight is 397 g/mol. The number of thiazole rings is 1. The average Bonchev–Trinajstić information content (AvgIpc) is 3.00. The molecule has 0 unspecified atom stereocenters. The number of carbonyl (C=O) groups excluding carboxylic acids is 1. The minimum Gasteiger partial charge on any atom is -0.383 e. The molecule has 3 rings (SSSR count). The van der Waals surface area contributed by atoms with Gasteiger partial charge in [-0.15, -0.1) is 0 Å². The monoisotopic (exact) mass is 397 g/mol. The predicted molar refractivity (Wildman–Crippen MR) is 109 cm³/mol. The van der Waals surface area contributed by atoms with Crippen molar-refractivity contribution < 1.29 is 14.5 Å². The van der Waals surface area contributed by atoms with Gasteiger partial charge in [0.15, 0.2) is 4.80 Å². The van der Waals surface area contributed by atoms with Gasteiger partial charge >= 0.3 is 0 Å². The van der Waals surface area contributed by atoms with Gasteiger partial charge in [0.25, 0.3) is 11.6 Å². The number of hydrogen-bond donors (Lipinski definition) is 0. The Balaban J connectivity index is 1.89. The summed E-state index contributed by atoms with van der Waals surface area (Å²) in [4.78, 5) is 27.4. The summed E-state index contributed by atoms with van der Waals surface area (Å²) in [7, 11) is 1.63. The zero-order valence-corrected chi connectivity index (χ0v) is 16.3. The molecule has 3 aromatic rings. The highest BCUT2D eigenvalue weighted by molar-refractivity contribution is 7.16. The first-order valence-corrected chi connectivity index (χ1v) is 9.40. The molecule has 2 aromatic carbocycles. The number of ether oxygens (including phenoxy) is 1. The molecule has 8 heteroatoms. The van der Waals surface area contributed by atoms with E-state index < -0.39 is 10.8 Å². The number of rotatable bonds is 6. The van der Waals surface area contributed by atoms with Gasteiger partial charge in [-0.25, -0.2) is 0 Å². The van der Waals surface area contributed by atoms with Crippen molar-refractivity contribution in [1.82, 2.24) is 4.57 Å². The lowest BCUT2D eigenvalue weighted by molar-refractivity contribution is -0.384. The molecule has 0 spiro atoms. The molecule has 0 N–H and O–H groups in total. The fourth-order valence-corrected chi connectivity index (χ4v) is 3.83. The van der Waals surface area contributed by atoms with Gasteiger partial charge in [-0.1, -0.05) is 17.4 Å². The molecule has 0 aliphatic carbocycles. The summed E-state index contributed by atoms with van der Waals surface area (Å²) in [5, 5.41) is 10.7. The second kappa shape index (κ2) is 8.73. The fourth-order valence-electron chi connectivity index (χ4n) is 2.67. The zero-order chi connectivity index (χ0) is 20.1. The molecule has 0 saturated heterocycles. The second-order valence-corrected chi connectivity index (χ2v) is 7.14. The second-order valence-electron chi connectivity index (χ2n) is 6.13. The number of methoxy groups -OCH3 is 1. The number of aromatic nitrogens is 1. The van der Waals surface area contributed by atoms with E-state index in [1.165, 1.54) is 29.5 Å². The summed E-state index contributed by atoms with van der Waals surface area (Å²) in [5.41, 5.74) is 2.85. The molecule has 7 nitrogen and oxygen atoms in total. The van der Waals surface area contributed by atoms with E-state index in [9.17, 15) is 14.9 Å². The van der Waals surface area contributed by atoms with Crippen molar-refractivity contribution in [3.63, 3.8) is 0 Å². The van der Waals surface area contributed by atoms with Crippen molar-refractivity contribution in [3.05, 3.63) is 74.6 Å². The molecular formula is C20H19N3O4S. The smallest absolute Gasteiger partial charge is 0.272 e. The first-order chi connectivity index (χ1) is 13.5. The maximum absolute atomic E-state index is 12.3. The first kappa shape index (κ1) is 19.7. The van der Waals surface area contributed by atoms with Crippen LogP contribution in [0.1, 0.15) is 11.1 Å². The van der Waals surface area contributed by atoms with Crippen LogP contribution in [0.5, 0.6) is 0 Å². The quantitative estimate of drug-likeness (QED) is 0.360. The molecule has 0 aliphatic heterocycles. The Hall–Kier alpha value is -3.10. The van der Waals surface area contributed by atoms with Crippen LogP contribution in [0.2, 0.25) is 0 Å². The van der Waals surface area contributed by atoms with Gasteiger partial charge in [0.1, 0.15) is 0 Å². The van der Waals surface area contributed by atoms with Gasteiger partial charge < -0.3 is 9.30 Å². The number of hydrogen-bond acceptors (Lipinski definition) is 5. The Labute approximate surface area is 165 Å². The summed E-state index contributed by atoms with van der Waals surface area (Å²) in [6, 6.07) is 12.1. The van der Waals surface area contributed by atoms with E-state index in [0.29, 0.717) is 23.5 Å². The van der Waals surface area contributed by atoms with Gasteiger partial charge in [0.05, 0.1) is 21.7 Å². The van der Waals surface area contributed by atoms with Crippen molar-refractivity contribution in [3.8, 4) is 0 Å². The number of nitro groups is 1. The van der Waals surface area contributed by atoms with Gasteiger partial charge in [-0.2, -0.15) is 4.99 Å². The van der Waals surface area contributed by atoms with Crippen molar-refractivity contribution in [2.45, 2.75) is 13.5 Å². The van der Waals surface area contributed by atoms with Crippen LogP contribution >= 0.6 is 11.3 Å². The Morgan fingerprint density at radius 1 is 1.29 bits per heavy atom. The first-order valence-electron chi connectivity index (χ1n) is 8.58. The highest BCUT2D eigenvalue weighted by Crippen LogP contribution is 2.19. The largest absolute Gasteiger partial charge is 0.383 e. The molecular weight excluding hydrogens is 378 g/mol. The van der Waals surface area contributed by atoms with Crippen LogP contribution < -0.4 is 4.80 Å². The predicted octanol–water partition coefficient (Wildman–Crippen LogP) is 3.71. The molecule has 144 valence electrons. The lowest BCUT2D eigenvalue weighted by atomic mass is 10.2. The van der Waals surface area contributed by atoms with Gasteiger partial charge in [-0.3, -0.25) is 14.9 Å². The Morgan fingerprint density at radius 2 is 2.04 bits per heavy atom. The minimum atomic E-state index is -0.462. The molecule has 0 bridgehead atoms. The standard InChI is InChI=1S/C20H19N3O4S/c1-14-3-9-17-18(13-14)28-20(22(17)11-12-27-2)21-19(24)10-6-15-4-7-16(8-5-15)23(25)26/h3-10,13H,11-12H2,1-2H3. The molecule has 0 aliphatic rings. The van der Waals surface area contributed by atoms with E-state index in [0.717, 1.165) is 15.8 Å². The summed E-state index contributed by atoms with van der Waals surface area (Å²) < 4.78 is 8.21. The normalized spacial score (nSPS) is 12.1. The Bertz CT molecular complexity index is 1110. The summed E-state index contributed by atoms with van der Waals surface area (Å²) in [6.45, 7) is 3.13. The lowest BCUT2D eigenvalue weighted by Crippen LogP contribution is -2.18. The number of nitrogens with zero attached hydrogens (tertiary/aromatic N) is 3. The number of amides is 1. The maximum Gasteiger partial charge on any atom is 0.272 e. The van der Waals surface area contributed by atoms with E-state index in [1.807, 2.05) is 23.6 Å². The number of fused-ring (bicyclic) bond motifs is 1. The summed E-state index contributed by atoms with van der Waals surface area (Å²) >= 11 is 1.45. The molecule has 0 fully saturated rings. The Kier molecular flexibility index (Phi) is 6.13. The van der Waals surface area contributed by atoms with E-state index in [4.69, 9.17) is 4.74 Å². The molecule has 28 heavy (non-hydrogen) atoms. The van der Waals surface area contributed by atoms with Crippen LogP contribution in [0.4, 0.5) is 5.69 Å². The van der Waals surface area contributed by atoms with Crippen LogP contribution in [-0.4, -0.2) is 29.1 Å². The molecule has 1 heterocycles. The minimum absolute atomic E-state index is 0.00733. The molecule has 0 saturated carbocycles. The lowest BCUT2D eigenvalue weighted by Gasteiger charge is -2.04. The van der Waals surface area contributed by atoms with E-state index in [2.05, 4.69) is 11.1 Å².